The van der Waals surface area contributed by atoms with Crippen LogP contribution in [0.15, 0.2) is 48.5 Å². The minimum Gasteiger partial charge on any atom is -0.550 e. The van der Waals surface area contributed by atoms with Crippen molar-refractivity contribution in [1.82, 2.24) is 5.32 Å². The minimum absolute atomic E-state index is 0.300. The maximum atomic E-state index is 12.4. The van der Waals surface area contributed by atoms with Gasteiger partial charge in [-0.05, 0) is 43.7 Å². The zero-order valence-corrected chi connectivity index (χ0v) is 13.7. The van der Waals surface area contributed by atoms with Crippen LogP contribution in [0.2, 0.25) is 0 Å². The van der Waals surface area contributed by atoms with Crippen LogP contribution in [0.1, 0.15) is 40.9 Å². The van der Waals surface area contributed by atoms with Crippen LogP contribution in [0.5, 0.6) is 5.75 Å². The fraction of sp³-hybridized carbons (Fsp3) is 0.263. The van der Waals surface area contributed by atoms with Crippen molar-refractivity contribution in [3.8, 4) is 5.75 Å². The molecular weight excluding hydrogens is 306 g/mol. The summed E-state index contributed by atoms with van der Waals surface area (Å²) in [5.74, 6) is -0.851. The quantitative estimate of drug-likeness (QED) is 0.844. The number of rotatable bonds is 7. The van der Waals surface area contributed by atoms with E-state index in [-0.39, 0.29) is 12.3 Å². The number of amides is 1. The van der Waals surface area contributed by atoms with Crippen molar-refractivity contribution in [2.24, 2.45) is 0 Å². The van der Waals surface area contributed by atoms with Crippen LogP contribution in [0.4, 0.5) is 0 Å². The van der Waals surface area contributed by atoms with Crippen LogP contribution in [0.25, 0.3) is 0 Å². The van der Waals surface area contributed by atoms with Crippen LogP contribution in [0, 0.1) is 6.92 Å². The molecule has 0 aliphatic heterocycles. The van der Waals surface area contributed by atoms with Crippen LogP contribution in [0.3, 0.4) is 0 Å². The summed E-state index contributed by atoms with van der Waals surface area (Å²) < 4.78 is 5.37. The lowest BCUT2D eigenvalue weighted by Crippen LogP contribution is -2.34. The molecule has 126 valence electrons. The fourth-order valence-electron chi connectivity index (χ4n) is 2.41. The van der Waals surface area contributed by atoms with E-state index in [1.165, 1.54) is 0 Å². The van der Waals surface area contributed by atoms with Gasteiger partial charge in [-0.1, -0.05) is 29.8 Å². The second-order valence-electron chi connectivity index (χ2n) is 5.47. The molecule has 1 amide bonds. The second-order valence-corrected chi connectivity index (χ2v) is 5.47. The highest BCUT2D eigenvalue weighted by Gasteiger charge is 2.16. The molecule has 0 saturated carbocycles. The number of hydrogen-bond donors (Lipinski definition) is 1. The van der Waals surface area contributed by atoms with Gasteiger partial charge in [0.05, 0.1) is 12.6 Å². The van der Waals surface area contributed by atoms with Gasteiger partial charge in [0.15, 0.2) is 0 Å². The SMILES string of the molecule is CCOc1ccc([C@@H](CC(=O)[O-])NC(=O)c2cccc(C)c2)cc1. The van der Waals surface area contributed by atoms with Gasteiger partial charge in [-0.25, -0.2) is 0 Å². The average molecular weight is 326 g/mol. The van der Waals surface area contributed by atoms with Crippen molar-refractivity contribution >= 4 is 11.9 Å². The van der Waals surface area contributed by atoms with Crippen LogP contribution >= 0.6 is 0 Å². The van der Waals surface area contributed by atoms with Crippen LogP contribution in [-0.2, 0) is 4.79 Å². The highest BCUT2D eigenvalue weighted by molar-refractivity contribution is 5.94. The topological polar surface area (TPSA) is 78.5 Å². The molecular formula is C19H20NO4-. The largest absolute Gasteiger partial charge is 0.550 e. The Morgan fingerprint density at radius 1 is 1.17 bits per heavy atom. The Morgan fingerprint density at radius 2 is 1.88 bits per heavy atom. The zero-order chi connectivity index (χ0) is 17.5. The third-order valence-corrected chi connectivity index (χ3v) is 3.55. The van der Waals surface area contributed by atoms with Gasteiger partial charge >= 0.3 is 0 Å². The molecule has 0 unspecified atom stereocenters. The van der Waals surface area contributed by atoms with Crippen molar-refractivity contribution < 1.29 is 19.4 Å². The number of benzene rings is 2. The Bertz CT molecular complexity index is 710. The summed E-state index contributed by atoms with van der Waals surface area (Å²) in [4.78, 5) is 23.4. The summed E-state index contributed by atoms with van der Waals surface area (Å²) >= 11 is 0. The molecule has 2 rings (SSSR count). The summed E-state index contributed by atoms with van der Waals surface area (Å²) in [6.45, 7) is 4.32. The molecule has 0 spiro atoms. The van der Waals surface area contributed by atoms with Gasteiger partial charge in [-0.3, -0.25) is 4.79 Å². The molecule has 0 bridgehead atoms. The van der Waals surface area contributed by atoms with Gasteiger partial charge in [0.1, 0.15) is 5.75 Å². The van der Waals surface area contributed by atoms with Crippen molar-refractivity contribution in [3.63, 3.8) is 0 Å². The maximum absolute atomic E-state index is 12.4. The minimum atomic E-state index is -1.22. The highest BCUT2D eigenvalue weighted by Crippen LogP contribution is 2.21. The summed E-state index contributed by atoms with van der Waals surface area (Å²) in [7, 11) is 0. The molecule has 0 radical (unpaired) electrons. The third-order valence-electron chi connectivity index (χ3n) is 3.55. The predicted molar refractivity (Wildman–Crippen MR) is 88.6 cm³/mol. The molecule has 2 aromatic carbocycles. The lowest BCUT2D eigenvalue weighted by Gasteiger charge is -2.20. The molecule has 2 aromatic rings. The van der Waals surface area contributed by atoms with Crippen molar-refractivity contribution in [2.45, 2.75) is 26.3 Å². The van der Waals surface area contributed by atoms with E-state index in [0.29, 0.717) is 23.5 Å². The van der Waals surface area contributed by atoms with Crippen LogP contribution in [-0.4, -0.2) is 18.5 Å². The van der Waals surface area contributed by atoms with E-state index in [4.69, 9.17) is 4.74 Å². The van der Waals surface area contributed by atoms with E-state index >= 15 is 0 Å². The number of aliphatic carboxylic acids is 1. The molecule has 0 fully saturated rings. The number of carbonyl (C=O) groups is 2. The molecule has 0 aliphatic rings. The van der Waals surface area contributed by atoms with E-state index in [1.54, 1.807) is 42.5 Å². The highest BCUT2D eigenvalue weighted by atomic mass is 16.5. The Balaban J connectivity index is 2.18. The summed E-state index contributed by atoms with van der Waals surface area (Å²) in [6.07, 6.45) is -0.300. The Labute approximate surface area is 141 Å². The number of carbonyl (C=O) groups excluding carboxylic acids is 2. The zero-order valence-electron chi connectivity index (χ0n) is 13.7. The van der Waals surface area contributed by atoms with Gasteiger partial charge in [0.25, 0.3) is 5.91 Å². The molecule has 1 atom stereocenters. The smallest absolute Gasteiger partial charge is 0.251 e. The molecule has 24 heavy (non-hydrogen) atoms. The van der Waals surface area contributed by atoms with Gasteiger partial charge in [0, 0.05) is 18.0 Å². The summed E-state index contributed by atoms with van der Waals surface area (Å²) in [6, 6.07) is 13.4. The van der Waals surface area contributed by atoms with Gasteiger partial charge < -0.3 is 20.0 Å². The monoisotopic (exact) mass is 326 g/mol. The first-order valence-electron chi connectivity index (χ1n) is 7.79. The Kier molecular flexibility index (Phi) is 5.95. The van der Waals surface area contributed by atoms with Gasteiger partial charge in [-0.15, -0.1) is 0 Å². The maximum Gasteiger partial charge on any atom is 0.251 e. The van der Waals surface area contributed by atoms with E-state index in [0.717, 1.165) is 5.56 Å². The first-order valence-corrected chi connectivity index (χ1v) is 7.79. The van der Waals surface area contributed by atoms with Crippen molar-refractivity contribution in [2.75, 3.05) is 6.61 Å². The van der Waals surface area contributed by atoms with Crippen molar-refractivity contribution in [1.29, 1.82) is 0 Å². The number of nitrogens with one attached hydrogen (secondary N) is 1. The van der Waals surface area contributed by atoms with E-state index < -0.39 is 12.0 Å². The molecule has 0 heterocycles. The standard InChI is InChI=1S/C19H21NO4/c1-3-24-16-9-7-14(8-10-16)17(12-18(21)22)20-19(23)15-6-4-5-13(2)11-15/h4-11,17H,3,12H2,1-2H3,(H,20,23)(H,21,22)/p-1/t17-/m1/s1. The predicted octanol–water partition coefficient (Wildman–Crippen LogP) is 2.00. The van der Waals surface area contributed by atoms with Crippen molar-refractivity contribution in [3.05, 3.63) is 65.2 Å². The average Bonchev–Trinajstić information content (AvgIpc) is 2.55. The van der Waals surface area contributed by atoms with E-state index in [2.05, 4.69) is 5.32 Å². The first-order chi connectivity index (χ1) is 11.5. The number of carboxylic acids is 1. The van der Waals surface area contributed by atoms with Gasteiger partial charge in [-0.2, -0.15) is 0 Å². The molecule has 0 aliphatic carbocycles. The number of hydrogen-bond acceptors (Lipinski definition) is 4. The third kappa shape index (κ3) is 4.84. The number of aryl methyl sites for hydroxylation is 1. The fourth-order valence-corrected chi connectivity index (χ4v) is 2.41. The molecule has 5 nitrogen and oxygen atoms in total. The van der Waals surface area contributed by atoms with E-state index in [9.17, 15) is 14.7 Å². The summed E-state index contributed by atoms with van der Waals surface area (Å²) in [5.41, 5.74) is 2.13. The summed E-state index contributed by atoms with van der Waals surface area (Å²) in [5, 5.41) is 13.8. The lowest BCUT2D eigenvalue weighted by atomic mass is 10.0. The van der Waals surface area contributed by atoms with E-state index in [1.807, 2.05) is 19.9 Å². The Morgan fingerprint density at radius 3 is 2.46 bits per heavy atom. The number of ether oxygens (including phenoxy) is 1. The molecule has 5 heteroatoms. The molecule has 0 aromatic heterocycles. The normalized spacial score (nSPS) is 11.6. The number of carboxylic acid groups (broad SMARTS) is 1. The lowest BCUT2D eigenvalue weighted by molar-refractivity contribution is -0.306. The Hall–Kier alpha value is -2.82. The molecule has 0 saturated heterocycles. The first kappa shape index (κ1) is 17.5. The molecule has 1 N–H and O–H groups in total. The van der Waals surface area contributed by atoms with Gasteiger partial charge in [0.2, 0.25) is 0 Å². The van der Waals surface area contributed by atoms with Crippen LogP contribution < -0.4 is 15.2 Å². The second kappa shape index (κ2) is 8.15.